The van der Waals surface area contributed by atoms with Crippen molar-refractivity contribution in [2.75, 3.05) is 37.7 Å². The summed E-state index contributed by atoms with van der Waals surface area (Å²) in [7, 11) is 0. The van der Waals surface area contributed by atoms with Crippen molar-refractivity contribution in [1.29, 1.82) is 0 Å². The normalized spacial score (nSPS) is 18.6. The number of carbonyl (C=O) groups is 3. The maximum Gasteiger partial charge on any atom is 0.293 e. The first-order valence-electron chi connectivity index (χ1n) is 9.38. The molecule has 0 unspecified atom stereocenters. The Morgan fingerprint density at radius 2 is 1.69 bits per heavy atom. The molecule has 0 atom stereocenters. The highest BCUT2D eigenvalue weighted by Crippen LogP contribution is 2.32. The fraction of sp³-hybridized carbons (Fsp3) is 0.227. The summed E-state index contributed by atoms with van der Waals surface area (Å²) in [6, 6.07) is 16.5. The van der Waals surface area contributed by atoms with E-state index >= 15 is 0 Å². The molecule has 2 aromatic rings. The summed E-state index contributed by atoms with van der Waals surface area (Å²) < 4.78 is 5.37. The lowest BCUT2D eigenvalue weighted by molar-refractivity contribution is -0.122. The molecule has 2 saturated heterocycles. The largest absolute Gasteiger partial charge is 0.378 e. The zero-order valence-corrected chi connectivity index (χ0v) is 16.6. The van der Waals surface area contributed by atoms with Crippen LogP contribution in [0, 0.1) is 0 Å². The van der Waals surface area contributed by atoms with Crippen LogP contribution in [-0.2, 0) is 9.53 Å². The summed E-state index contributed by atoms with van der Waals surface area (Å²) in [5, 5.41) is -0.421. The Morgan fingerprint density at radius 1 is 1.00 bits per heavy atom. The highest BCUT2D eigenvalue weighted by molar-refractivity contribution is 8.18. The molecule has 0 aromatic heterocycles. The van der Waals surface area contributed by atoms with Gasteiger partial charge in [0.05, 0.1) is 24.7 Å². The van der Waals surface area contributed by atoms with Crippen LogP contribution in [0.5, 0.6) is 0 Å². The molecule has 2 heterocycles. The van der Waals surface area contributed by atoms with Gasteiger partial charge in [-0.3, -0.25) is 19.3 Å². The van der Waals surface area contributed by atoms with Crippen molar-refractivity contribution in [3.05, 3.63) is 70.6 Å². The molecular weight excluding hydrogens is 388 g/mol. The second-order valence-corrected chi connectivity index (χ2v) is 7.74. The van der Waals surface area contributed by atoms with Crippen molar-refractivity contribution < 1.29 is 19.1 Å². The summed E-state index contributed by atoms with van der Waals surface area (Å²) in [5.74, 6) is -0.689. The van der Waals surface area contributed by atoms with E-state index in [2.05, 4.69) is 4.90 Å². The molecule has 29 heavy (non-hydrogen) atoms. The molecule has 6 nitrogen and oxygen atoms in total. The van der Waals surface area contributed by atoms with E-state index in [1.54, 1.807) is 30.3 Å². The molecule has 2 aliphatic rings. The van der Waals surface area contributed by atoms with Crippen LogP contribution in [0.25, 0.3) is 6.08 Å². The third kappa shape index (κ3) is 4.41. The Morgan fingerprint density at radius 3 is 2.38 bits per heavy atom. The maximum absolute atomic E-state index is 12.6. The first kappa shape index (κ1) is 19.4. The smallest absolute Gasteiger partial charge is 0.293 e. The summed E-state index contributed by atoms with van der Waals surface area (Å²) in [4.78, 5) is 40.9. The number of thioether (sulfide) groups is 1. The minimum Gasteiger partial charge on any atom is -0.378 e. The topological polar surface area (TPSA) is 66.9 Å². The van der Waals surface area contributed by atoms with Gasteiger partial charge in [0, 0.05) is 24.3 Å². The SMILES string of the molecule is O=C(CN1C(=O)S/C(=C/c2ccc(N3CCOCC3)cc2)C1=O)c1ccccc1. The van der Waals surface area contributed by atoms with Gasteiger partial charge in [-0.2, -0.15) is 0 Å². The average molecular weight is 408 g/mol. The highest BCUT2D eigenvalue weighted by atomic mass is 32.2. The average Bonchev–Trinajstić information content (AvgIpc) is 3.03. The molecule has 0 saturated carbocycles. The maximum atomic E-state index is 12.6. The number of nitrogens with zero attached hydrogens (tertiary/aromatic N) is 2. The van der Waals surface area contributed by atoms with E-state index in [1.165, 1.54) is 0 Å². The van der Waals surface area contributed by atoms with E-state index < -0.39 is 11.1 Å². The van der Waals surface area contributed by atoms with Crippen LogP contribution >= 0.6 is 11.8 Å². The van der Waals surface area contributed by atoms with Crippen molar-refractivity contribution >= 4 is 40.5 Å². The molecule has 0 N–H and O–H groups in total. The fourth-order valence-electron chi connectivity index (χ4n) is 3.25. The number of ketones is 1. The molecule has 0 aliphatic carbocycles. The quantitative estimate of drug-likeness (QED) is 0.558. The minimum atomic E-state index is -0.429. The summed E-state index contributed by atoms with van der Waals surface area (Å²) >= 11 is 0.865. The van der Waals surface area contributed by atoms with Crippen molar-refractivity contribution in [1.82, 2.24) is 4.90 Å². The van der Waals surface area contributed by atoms with Crippen LogP contribution in [0.1, 0.15) is 15.9 Å². The Bertz CT molecular complexity index is 951. The molecule has 4 rings (SSSR count). The van der Waals surface area contributed by atoms with E-state index in [0.29, 0.717) is 10.5 Å². The van der Waals surface area contributed by atoms with Gasteiger partial charge in [0.25, 0.3) is 11.1 Å². The lowest BCUT2D eigenvalue weighted by atomic mass is 10.1. The van der Waals surface area contributed by atoms with Crippen molar-refractivity contribution in [3.63, 3.8) is 0 Å². The van der Waals surface area contributed by atoms with E-state index in [0.717, 1.165) is 54.2 Å². The summed E-state index contributed by atoms with van der Waals surface area (Å²) in [6.07, 6.45) is 1.70. The summed E-state index contributed by atoms with van der Waals surface area (Å²) in [6.45, 7) is 2.90. The molecule has 0 bridgehead atoms. The van der Waals surface area contributed by atoms with Gasteiger partial charge in [-0.1, -0.05) is 42.5 Å². The van der Waals surface area contributed by atoms with Gasteiger partial charge in [0.15, 0.2) is 5.78 Å². The van der Waals surface area contributed by atoms with Crippen molar-refractivity contribution in [3.8, 4) is 0 Å². The molecule has 2 aromatic carbocycles. The first-order valence-corrected chi connectivity index (χ1v) is 10.2. The third-order valence-corrected chi connectivity index (χ3v) is 5.75. The number of rotatable bonds is 5. The van der Waals surface area contributed by atoms with Crippen LogP contribution in [-0.4, -0.2) is 54.7 Å². The number of amides is 2. The second kappa shape index (κ2) is 8.63. The number of morpholine rings is 1. The number of benzene rings is 2. The lowest BCUT2D eigenvalue weighted by Crippen LogP contribution is -2.36. The molecule has 7 heteroatoms. The molecule has 2 amide bonds. The van der Waals surface area contributed by atoms with Gasteiger partial charge in [0.2, 0.25) is 0 Å². The monoisotopic (exact) mass is 408 g/mol. The Labute approximate surface area is 173 Å². The number of hydrogen-bond acceptors (Lipinski definition) is 6. The number of anilines is 1. The number of imide groups is 1. The lowest BCUT2D eigenvalue weighted by Gasteiger charge is -2.28. The molecular formula is C22H20N2O4S. The first-order chi connectivity index (χ1) is 14.1. The van der Waals surface area contributed by atoms with Crippen LogP contribution in [0.4, 0.5) is 10.5 Å². The van der Waals surface area contributed by atoms with Crippen LogP contribution in [0.2, 0.25) is 0 Å². The van der Waals surface area contributed by atoms with Gasteiger partial charge >= 0.3 is 0 Å². The predicted octanol–water partition coefficient (Wildman–Crippen LogP) is 3.44. The Balaban J connectivity index is 1.45. The van der Waals surface area contributed by atoms with Crippen LogP contribution in [0.3, 0.4) is 0 Å². The van der Waals surface area contributed by atoms with E-state index in [9.17, 15) is 14.4 Å². The minimum absolute atomic E-state index is 0.248. The van der Waals surface area contributed by atoms with Crippen LogP contribution in [0.15, 0.2) is 59.5 Å². The molecule has 0 spiro atoms. The van der Waals surface area contributed by atoms with Crippen molar-refractivity contribution in [2.24, 2.45) is 0 Å². The fourth-order valence-corrected chi connectivity index (χ4v) is 4.09. The van der Waals surface area contributed by atoms with Gasteiger partial charge in [0.1, 0.15) is 0 Å². The van der Waals surface area contributed by atoms with Gasteiger partial charge in [-0.05, 0) is 35.5 Å². The number of Topliss-reactive ketones (excluding diaryl/α,β-unsaturated/α-hetero) is 1. The van der Waals surface area contributed by atoms with Gasteiger partial charge in [-0.25, -0.2) is 0 Å². The van der Waals surface area contributed by atoms with E-state index in [-0.39, 0.29) is 12.3 Å². The third-order valence-electron chi connectivity index (χ3n) is 4.84. The van der Waals surface area contributed by atoms with E-state index in [4.69, 9.17) is 4.74 Å². The Kier molecular flexibility index (Phi) is 5.78. The number of hydrogen-bond donors (Lipinski definition) is 0. The molecule has 148 valence electrons. The van der Waals surface area contributed by atoms with Crippen LogP contribution < -0.4 is 4.90 Å². The zero-order valence-electron chi connectivity index (χ0n) is 15.7. The highest BCUT2D eigenvalue weighted by Gasteiger charge is 2.36. The second-order valence-electron chi connectivity index (χ2n) is 6.75. The molecule has 0 radical (unpaired) electrons. The zero-order chi connectivity index (χ0) is 20.2. The predicted molar refractivity (Wildman–Crippen MR) is 113 cm³/mol. The Hall–Kier alpha value is -2.90. The van der Waals surface area contributed by atoms with Gasteiger partial charge < -0.3 is 9.64 Å². The number of ether oxygens (including phenoxy) is 1. The molecule has 2 fully saturated rings. The van der Waals surface area contributed by atoms with Gasteiger partial charge in [-0.15, -0.1) is 0 Å². The van der Waals surface area contributed by atoms with E-state index in [1.807, 2.05) is 30.3 Å². The standard InChI is InChI=1S/C22H20N2O4S/c25-19(17-4-2-1-3-5-17)15-24-21(26)20(29-22(24)27)14-16-6-8-18(9-7-16)23-10-12-28-13-11-23/h1-9,14H,10-13,15H2/b20-14+. The van der Waals surface area contributed by atoms with Crippen molar-refractivity contribution in [2.45, 2.75) is 0 Å². The summed E-state index contributed by atoms with van der Waals surface area (Å²) in [5.41, 5.74) is 2.42. The molecule has 2 aliphatic heterocycles. The number of carbonyl (C=O) groups excluding carboxylic acids is 3.